The quantitative estimate of drug-likeness (QED) is 0.643. The van der Waals surface area contributed by atoms with Gasteiger partial charge in [-0.3, -0.25) is 4.79 Å². The molecule has 0 radical (unpaired) electrons. The van der Waals surface area contributed by atoms with Gasteiger partial charge in [0.25, 0.3) is 0 Å². The number of aromatic nitrogens is 1. The average molecular weight is 399 g/mol. The van der Waals surface area contributed by atoms with Gasteiger partial charge in [0.05, 0.1) is 24.8 Å². The lowest BCUT2D eigenvalue weighted by atomic mass is 10.1. The van der Waals surface area contributed by atoms with Crippen molar-refractivity contribution in [1.29, 1.82) is 5.26 Å². The monoisotopic (exact) mass is 399 g/mol. The predicted molar refractivity (Wildman–Crippen MR) is 113 cm³/mol. The molecular weight excluding hydrogens is 378 g/mol. The van der Waals surface area contributed by atoms with Crippen LogP contribution in [0.3, 0.4) is 0 Å². The van der Waals surface area contributed by atoms with Crippen LogP contribution in [0.15, 0.2) is 54.7 Å². The van der Waals surface area contributed by atoms with Crippen LogP contribution in [0.2, 0.25) is 0 Å². The second-order valence-corrected chi connectivity index (χ2v) is 7.14. The number of rotatable bonds is 5. The van der Waals surface area contributed by atoms with Gasteiger partial charge in [0, 0.05) is 24.4 Å². The molecular formula is C24H21N3O3. The molecule has 4 rings (SSSR count). The number of nitrogens with zero attached hydrogens (tertiary/aromatic N) is 3. The van der Waals surface area contributed by atoms with Gasteiger partial charge in [-0.15, -0.1) is 0 Å². The molecule has 1 amide bonds. The van der Waals surface area contributed by atoms with Crippen molar-refractivity contribution in [2.75, 3.05) is 18.6 Å². The molecule has 0 spiro atoms. The van der Waals surface area contributed by atoms with E-state index in [-0.39, 0.29) is 12.3 Å². The first-order chi connectivity index (χ1) is 14.6. The van der Waals surface area contributed by atoms with Crippen LogP contribution >= 0.6 is 0 Å². The Morgan fingerprint density at radius 1 is 1.20 bits per heavy atom. The number of carbonyl (C=O) groups is 1. The Labute approximate surface area is 175 Å². The lowest BCUT2D eigenvalue weighted by molar-refractivity contribution is -0.117. The highest BCUT2D eigenvalue weighted by molar-refractivity contribution is 5.98. The molecule has 1 aliphatic heterocycles. The van der Waals surface area contributed by atoms with E-state index < -0.39 is 0 Å². The van der Waals surface area contributed by atoms with Crippen molar-refractivity contribution < 1.29 is 14.3 Å². The first-order valence-corrected chi connectivity index (χ1v) is 9.69. The van der Waals surface area contributed by atoms with Crippen LogP contribution in [0.25, 0.3) is 0 Å². The van der Waals surface area contributed by atoms with Crippen LogP contribution in [0.4, 0.5) is 5.69 Å². The molecule has 3 aromatic rings. The largest absolute Gasteiger partial charge is 0.497 e. The molecule has 0 aliphatic carbocycles. The number of hydrogen-bond acceptors (Lipinski definition) is 5. The van der Waals surface area contributed by atoms with Crippen LogP contribution in [0.5, 0.6) is 17.4 Å². The maximum Gasteiger partial charge on any atom is 0.231 e. The minimum absolute atomic E-state index is 0.0374. The molecule has 0 saturated carbocycles. The number of aryl methyl sites for hydroxylation is 1. The minimum atomic E-state index is -0.0374. The number of fused-ring (bicyclic) bond motifs is 1. The summed E-state index contributed by atoms with van der Waals surface area (Å²) in [5, 5.41) is 9.52. The zero-order chi connectivity index (χ0) is 21.1. The molecule has 0 fully saturated rings. The fourth-order valence-electron chi connectivity index (χ4n) is 3.61. The topological polar surface area (TPSA) is 75.5 Å². The van der Waals surface area contributed by atoms with E-state index in [1.807, 2.05) is 49.4 Å². The Bertz CT molecular complexity index is 1130. The zero-order valence-electron chi connectivity index (χ0n) is 16.9. The Morgan fingerprint density at radius 2 is 2.00 bits per heavy atom. The summed E-state index contributed by atoms with van der Waals surface area (Å²) in [6, 6.07) is 17.0. The predicted octanol–water partition coefficient (Wildman–Crippen LogP) is 4.19. The van der Waals surface area contributed by atoms with Crippen molar-refractivity contribution in [2.45, 2.75) is 19.8 Å². The SMILES string of the molecule is COc1cc(C#N)c2c(c1)CCN2C(=O)Cc1ccc(Oc2ncccc2C)cc1. The van der Waals surface area contributed by atoms with Crippen LogP contribution in [0, 0.1) is 18.3 Å². The molecule has 0 atom stereocenters. The second-order valence-electron chi connectivity index (χ2n) is 7.14. The van der Waals surface area contributed by atoms with E-state index in [0.717, 1.165) is 16.7 Å². The fourth-order valence-corrected chi connectivity index (χ4v) is 3.61. The first-order valence-electron chi connectivity index (χ1n) is 9.69. The molecule has 2 heterocycles. The van der Waals surface area contributed by atoms with E-state index in [1.54, 1.807) is 24.3 Å². The molecule has 0 saturated heterocycles. The summed E-state index contributed by atoms with van der Waals surface area (Å²) < 4.78 is 11.1. The number of ether oxygens (including phenoxy) is 2. The van der Waals surface area contributed by atoms with Gasteiger partial charge < -0.3 is 14.4 Å². The summed E-state index contributed by atoms with van der Waals surface area (Å²) in [4.78, 5) is 18.9. The maximum absolute atomic E-state index is 13.0. The van der Waals surface area contributed by atoms with Crippen LogP contribution in [0.1, 0.15) is 22.3 Å². The number of methoxy groups -OCH3 is 1. The lowest BCUT2D eigenvalue weighted by Gasteiger charge is -2.19. The first kappa shape index (κ1) is 19.5. The average Bonchev–Trinajstić information content (AvgIpc) is 3.20. The van der Waals surface area contributed by atoms with E-state index in [2.05, 4.69) is 11.1 Å². The van der Waals surface area contributed by atoms with Crippen LogP contribution in [-0.2, 0) is 17.6 Å². The van der Waals surface area contributed by atoms with Crippen molar-refractivity contribution >= 4 is 11.6 Å². The van der Waals surface area contributed by atoms with Crippen molar-refractivity contribution in [3.05, 3.63) is 77.0 Å². The third-order valence-corrected chi connectivity index (χ3v) is 5.15. The molecule has 0 unspecified atom stereocenters. The van der Waals surface area contributed by atoms with E-state index in [0.29, 0.717) is 41.6 Å². The molecule has 1 aliphatic rings. The molecule has 0 N–H and O–H groups in total. The summed E-state index contributed by atoms with van der Waals surface area (Å²) >= 11 is 0. The van der Waals surface area contributed by atoms with Gasteiger partial charge in [-0.05, 0) is 48.7 Å². The highest BCUT2D eigenvalue weighted by Gasteiger charge is 2.28. The standard InChI is InChI=1S/C24H21N3O3/c1-16-4-3-10-26-24(16)30-20-7-5-17(6-8-20)12-22(28)27-11-9-18-13-21(29-2)14-19(15-25)23(18)27/h3-8,10,13-14H,9,11-12H2,1-2H3. The molecule has 30 heavy (non-hydrogen) atoms. The number of anilines is 1. The Balaban J connectivity index is 1.48. The number of nitriles is 1. The highest BCUT2D eigenvalue weighted by Crippen LogP contribution is 2.35. The normalized spacial score (nSPS) is 12.2. The Morgan fingerprint density at radius 3 is 2.70 bits per heavy atom. The van der Waals surface area contributed by atoms with Gasteiger partial charge in [-0.1, -0.05) is 18.2 Å². The smallest absolute Gasteiger partial charge is 0.231 e. The number of hydrogen-bond donors (Lipinski definition) is 0. The number of benzene rings is 2. The van der Waals surface area contributed by atoms with Crippen molar-refractivity contribution in [3.8, 4) is 23.4 Å². The van der Waals surface area contributed by atoms with Gasteiger partial charge in [0.2, 0.25) is 11.8 Å². The molecule has 6 nitrogen and oxygen atoms in total. The van der Waals surface area contributed by atoms with E-state index in [4.69, 9.17) is 9.47 Å². The van der Waals surface area contributed by atoms with Crippen molar-refractivity contribution in [2.24, 2.45) is 0 Å². The molecule has 2 aromatic carbocycles. The second kappa shape index (κ2) is 8.26. The number of pyridine rings is 1. The summed E-state index contributed by atoms with van der Waals surface area (Å²) in [7, 11) is 1.57. The van der Waals surface area contributed by atoms with Crippen molar-refractivity contribution in [3.63, 3.8) is 0 Å². The summed E-state index contributed by atoms with van der Waals surface area (Å²) in [5.74, 6) is 1.83. The minimum Gasteiger partial charge on any atom is -0.497 e. The van der Waals surface area contributed by atoms with Crippen LogP contribution in [-0.4, -0.2) is 24.5 Å². The summed E-state index contributed by atoms with van der Waals surface area (Å²) in [5.41, 5.74) is 3.97. The number of amides is 1. The van der Waals surface area contributed by atoms with E-state index in [9.17, 15) is 10.1 Å². The van der Waals surface area contributed by atoms with Gasteiger partial charge in [-0.25, -0.2) is 4.98 Å². The molecule has 1 aromatic heterocycles. The zero-order valence-corrected chi connectivity index (χ0v) is 16.9. The van der Waals surface area contributed by atoms with Gasteiger partial charge >= 0.3 is 0 Å². The Hall–Kier alpha value is -3.85. The third-order valence-electron chi connectivity index (χ3n) is 5.15. The summed E-state index contributed by atoms with van der Waals surface area (Å²) in [6.45, 7) is 2.50. The highest BCUT2D eigenvalue weighted by atomic mass is 16.5. The molecule has 150 valence electrons. The maximum atomic E-state index is 13.0. The van der Waals surface area contributed by atoms with Crippen molar-refractivity contribution in [1.82, 2.24) is 4.98 Å². The Kier molecular flexibility index (Phi) is 5.36. The molecule has 6 heteroatoms. The number of carbonyl (C=O) groups excluding carboxylic acids is 1. The van der Waals surface area contributed by atoms with Crippen LogP contribution < -0.4 is 14.4 Å². The van der Waals surface area contributed by atoms with Gasteiger partial charge in [0.1, 0.15) is 17.6 Å². The lowest BCUT2D eigenvalue weighted by Crippen LogP contribution is -2.30. The van der Waals surface area contributed by atoms with Gasteiger partial charge in [0.15, 0.2) is 0 Å². The third kappa shape index (κ3) is 3.83. The molecule has 0 bridgehead atoms. The summed E-state index contributed by atoms with van der Waals surface area (Å²) in [6.07, 6.45) is 2.65. The van der Waals surface area contributed by atoms with Gasteiger partial charge in [-0.2, -0.15) is 5.26 Å². The van der Waals surface area contributed by atoms with E-state index in [1.165, 1.54) is 0 Å². The van der Waals surface area contributed by atoms with E-state index >= 15 is 0 Å². The fraction of sp³-hybridized carbons (Fsp3) is 0.208.